The van der Waals surface area contributed by atoms with E-state index in [0.717, 1.165) is 70.4 Å². The van der Waals surface area contributed by atoms with Gasteiger partial charge in [0, 0.05) is 38.7 Å². The van der Waals surface area contributed by atoms with Crippen LogP contribution in [0.4, 0.5) is 5.82 Å². The van der Waals surface area contributed by atoms with Crippen LogP contribution in [0.15, 0.2) is 42.7 Å². The molecule has 5 nitrogen and oxygen atoms in total. The zero-order valence-corrected chi connectivity index (χ0v) is 24.0. The van der Waals surface area contributed by atoms with E-state index >= 15 is 0 Å². The van der Waals surface area contributed by atoms with Crippen LogP contribution in [0.1, 0.15) is 86.3 Å². The topological polar surface area (TPSA) is 57.3 Å². The van der Waals surface area contributed by atoms with Gasteiger partial charge in [0.15, 0.2) is 5.78 Å². The molecule has 1 aliphatic rings. The van der Waals surface area contributed by atoms with Crippen LogP contribution in [0.3, 0.4) is 0 Å². The third kappa shape index (κ3) is 7.98. The van der Waals surface area contributed by atoms with E-state index in [-0.39, 0.29) is 11.2 Å². The van der Waals surface area contributed by atoms with Gasteiger partial charge in [-0.25, -0.2) is 4.98 Å². The number of benzene rings is 1. The highest BCUT2D eigenvalue weighted by Gasteiger charge is 2.37. The number of pyridine rings is 1. The lowest BCUT2D eigenvalue weighted by Crippen LogP contribution is -2.33. The lowest BCUT2D eigenvalue weighted by Gasteiger charge is -2.30. The standard InChI is InChI=1S/C31H45ClN4O/c1-6-14-31(15-9-10-28(37)27-20-29(32)35-30(21-27)33-5)16-18-36(22-31)23(4)34-17-13-24-11-12-25(7-2)26(8-3)19-24/h11-12,19-21,34H,4,6-10,13-18,22H2,1-3,5H3,(H,33,35). The fourth-order valence-electron chi connectivity index (χ4n) is 5.75. The fraction of sp³-hybridized carbons (Fsp3) is 0.548. The highest BCUT2D eigenvalue weighted by atomic mass is 35.5. The van der Waals surface area contributed by atoms with Crippen LogP contribution in [-0.2, 0) is 19.3 Å². The molecule has 1 atom stereocenters. The van der Waals surface area contributed by atoms with E-state index in [4.69, 9.17) is 11.6 Å². The highest BCUT2D eigenvalue weighted by Crippen LogP contribution is 2.41. The fourth-order valence-corrected chi connectivity index (χ4v) is 5.96. The number of likely N-dealkylation sites (tertiary alicyclic amines) is 1. The number of aryl methyl sites for hydroxylation is 2. The first kappa shape index (κ1) is 29.0. The summed E-state index contributed by atoms with van der Waals surface area (Å²) in [6.07, 6.45) is 9.14. The molecule has 2 N–H and O–H groups in total. The maximum Gasteiger partial charge on any atom is 0.163 e. The molecule has 0 aliphatic carbocycles. The van der Waals surface area contributed by atoms with Gasteiger partial charge in [0.2, 0.25) is 0 Å². The molecule has 2 heterocycles. The number of nitrogens with zero attached hydrogens (tertiary/aromatic N) is 2. The SMILES string of the molecule is C=C(NCCc1ccc(CC)c(CC)c1)N1CCC(CCC)(CCCC(=O)c2cc(Cl)nc(NC)c2)C1. The summed E-state index contributed by atoms with van der Waals surface area (Å²) in [5, 5.41) is 6.90. The third-order valence-corrected chi connectivity index (χ3v) is 8.05. The van der Waals surface area contributed by atoms with Crippen molar-refractivity contribution in [1.82, 2.24) is 15.2 Å². The van der Waals surface area contributed by atoms with E-state index in [2.05, 4.69) is 66.1 Å². The Labute approximate surface area is 229 Å². The summed E-state index contributed by atoms with van der Waals surface area (Å²) in [6, 6.07) is 10.4. The number of rotatable bonds is 15. The number of Topliss-reactive ketones (excluding diaryl/α,β-unsaturated/α-hetero) is 1. The molecule has 1 saturated heterocycles. The van der Waals surface area contributed by atoms with Gasteiger partial charge in [0.1, 0.15) is 11.0 Å². The molecule has 202 valence electrons. The molecule has 0 spiro atoms. The van der Waals surface area contributed by atoms with E-state index in [1.54, 1.807) is 19.2 Å². The van der Waals surface area contributed by atoms with E-state index in [9.17, 15) is 4.79 Å². The van der Waals surface area contributed by atoms with Gasteiger partial charge >= 0.3 is 0 Å². The van der Waals surface area contributed by atoms with Crippen molar-refractivity contribution in [1.29, 1.82) is 0 Å². The summed E-state index contributed by atoms with van der Waals surface area (Å²) in [5.41, 5.74) is 5.20. The average molecular weight is 525 g/mol. The molecule has 37 heavy (non-hydrogen) atoms. The van der Waals surface area contributed by atoms with Crippen molar-refractivity contribution in [3.05, 3.63) is 70.1 Å². The largest absolute Gasteiger partial charge is 0.373 e. The molecule has 1 fully saturated rings. The molecule has 3 rings (SSSR count). The Morgan fingerprint density at radius 1 is 1.14 bits per heavy atom. The summed E-state index contributed by atoms with van der Waals surface area (Å²) in [5.74, 6) is 1.78. The first-order chi connectivity index (χ1) is 17.8. The van der Waals surface area contributed by atoms with Crippen LogP contribution in [0.25, 0.3) is 0 Å². The molecule has 0 saturated carbocycles. The van der Waals surface area contributed by atoms with Gasteiger partial charge in [-0.3, -0.25) is 4.79 Å². The molecule has 1 aromatic carbocycles. The predicted octanol–water partition coefficient (Wildman–Crippen LogP) is 7.05. The molecule has 1 aliphatic heterocycles. The van der Waals surface area contributed by atoms with E-state index in [1.165, 1.54) is 23.1 Å². The van der Waals surface area contributed by atoms with E-state index in [0.29, 0.717) is 23.0 Å². The lowest BCUT2D eigenvalue weighted by atomic mass is 9.78. The van der Waals surface area contributed by atoms with Crippen LogP contribution in [0.2, 0.25) is 5.15 Å². The third-order valence-electron chi connectivity index (χ3n) is 7.86. The number of ketones is 1. The zero-order valence-electron chi connectivity index (χ0n) is 23.3. The monoisotopic (exact) mass is 524 g/mol. The van der Waals surface area contributed by atoms with Gasteiger partial charge in [-0.15, -0.1) is 0 Å². The summed E-state index contributed by atoms with van der Waals surface area (Å²) in [6.45, 7) is 14.0. The van der Waals surface area contributed by atoms with Crippen LogP contribution in [0, 0.1) is 5.41 Å². The molecule has 2 aromatic rings. The van der Waals surface area contributed by atoms with Crippen molar-refractivity contribution < 1.29 is 4.79 Å². The molecule has 1 unspecified atom stereocenters. The van der Waals surface area contributed by atoms with Crippen LogP contribution < -0.4 is 10.6 Å². The normalized spacial score (nSPS) is 17.2. The van der Waals surface area contributed by atoms with Crippen molar-refractivity contribution in [3.63, 3.8) is 0 Å². The zero-order chi connectivity index (χ0) is 26.8. The van der Waals surface area contributed by atoms with Crippen LogP contribution >= 0.6 is 11.6 Å². The number of aromatic nitrogens is 1. The maximum atomic E-state index is 12.8. The quantitative estimate of drug-likeness (QED) is 0.193. The Kier molecular flexibility index (Phi) is 10.9. The lowest BCUT2D eigenvalue weighted by molar-refractivity contribution is 0.0972. The van der Waals surface area contributed by atoms with Crippen LogP contribution in [0.5, 0.6) is 0 Å². The predicted molar refractivity (Wildman–Crippen MR) is 157 cm³/mol. The average Bonchev–Trinajstić information content (AvgIpc) is 3.32. The summed E-state index contributed by atoms with van der Waals surface area (Å²) in [4.78, 5) is 19.4. The Morgan fingerprint density at radius 3 is 2.62 bits per heavy atom. The molecular formula is C31H45ClN4O. The number of carbonyl (C=O) groups excluding carboxylic acids is 1. The second kappa shape index (κ2) is 13.9. The minimum Gasteiger partial charge on any atom is -0.373 e. The Balaban J connectivity index is 1.49. The summed E-state index contributed by atoms with van der Waals surface area (Å²) in [7, 11) is 1.78. The Bertz CT molecular complexity index is 1070. The number of hydrogen-bond acceptors (Lipinski definition) is 5. The second-order valence-corrected chi connectivity index (χ2v) is 10.8. The minimum absolute atomic E-state index is 0.131. The van der Waals surface area contributed by atoms with Gasteiger partial charge in [0.25, 0.3) is 0 Å². The summed E-state index contributed by atoms with van der Waals surface area (Å²) >= 11 is 6.09. The van der Waals surface area contributed by atoms with Gasteiger partial charge in [-0.2, -0.15) is 0 Å². The van der Waals surface area contributed by atoms with Crippen molar-refractivity contribution in [2.24, 2.45) is 5.41 Å². The first-order valence-electron chi connectivity index (χ1n) is 14.0. The van der Waals surface area contributed by atoms with Gasteiger partial charge in [-0.1, -0.05) is 63.6 Å². The Morgan fingerprint density at radius 2 is 1.92 bits per heavy atom. The number of hydrogen-bond donors (Lipinski definition) is 2. The van der Waals surface area contributed by atoms with Gasteiger partial charge in [0.05, 0.1) is 5.82 Å². The van der Waals surface area contributed by atoms with Gasteiger partial charge in [-0.05, 0) is 79.2 Å². The molecule has 0 radical (unpaired) electrons. The van der Waals surface area contributed by atoms with E-state index in [1.807, 2.05) is 0 Å². The van der Waals surface area contributed by atoms with Crippen molar-refractivity contribution in [3.8, 4) is 0 Å². The molecular weight excluding hydrogens is 480 g/mol. The maximum absolute atomic E-state index is 12.8. The smallest absolute Gasteiger partial charge is 0.163 e. The number of carbonyl (C=O) groups is 1. The molecule has 0 bridgehead atoms. The highest BCUT2D eigenvalue weighted by molar-refractivity contribution is 6.30. The second-order valence-electron chi connectivity index (χ2n) is 10.4. The molecule has 6 heteroatoms. The van der Waals surface area contributed by atoms with Crippen molar-refractivity contribution in [2.45, 2.75) is 78.6 Å². The number of halogens is 1. The van der Waals surface area contributed by atoms with Gasteiger partial charge < -0.3 is 15.5 Å². The first-order valence-corrected chi connectivity index (χ1v) is 14.4. The van der Waals surface area contributed by atoms with Crippen LogP contribution in [-0.4, -0.2) is 42.3 Å². The van der Waals surface area contributed by atoms with Crippen molar-refractivity contribution >= 4 is 23.2 Å². The number of anilines is 1. The Hall–Kier alpha value is -2.53. The minimum atomic E-state index is 0.131. The summed E-state index contributed by atoms with van der Waals surface area (Å²) < 4.78 is 0. The van der Waals surface area contributed by atoms with Crippen molar-refractivity contribution in [2.75, 3.05) is 32.0 Å². The number of nitrogens with one attached hydrogen (secondary N) is 2. The molecule has 0 amide bonds. The van der Waals surface area contributed by atoms with E-state index < -0.39 is 0 Å². The molecule has 1 aromatic heterocycles.